The molecule has 0 aliphatic heterocycles. The van der Waals surface area contributed by atoms with Crippen molar-refractivity contribution in [3.8, 4) is 5.75 Å². The average Bonchev–Trinajstić information content (AvgIpc) is 3.09. The predicted molar refractivity (Wildman–Crippen MR) is 93.5 cm³/mol. The Morgan fingerprint density at radius 1 is 1.25 bits per heavy atom. The molecule has 1 unspecified atom stereocenters. The normalized spacial score (nSPS) is 16.8. The van der Waals surface area contributed by atoms with E-state index in [-0.39, 0.29) is 24.1 Å². The lowest BCUT2D eigenvalue weighted by molar-refractivity contribution is -0.123. The number of hydrogen-bond donors (Lipinski definition) is 2. The first-order valence-electron chi connectivity index (χ1n) is 8.29. The number of carbonyl (C=O) groups excluding carboxylic acids is 1. The Kier molecular flexibility index (Phi) is 6.62. The summed E-state index contributed by atoms with van der Waals surface area (Å²) in [5.41, 5.74) is 0.955. The monoisotopic (exact) mass is 354 g/mol. The first-order chi connectivity index (χ1) is 11.5. The summed E-state index contributed by atoms with van der Waals surface area (Å²) in [5.74, 6) is 0.604. The van der Waals surface area contributed by atoms with Crippen LogP contribution in [0.3, 0.4) is 0 Å². The van der Waals surface area contributed by atoms with Crippen molar-refractivity contribution in [2.75, 3.05) is 26.5 Å². The summed E-state index contributed by atoms with van der Waals surface area (Å²) in [7, 11) is -0.334. The van der Waals surface area contributed by atoms with E-state index >= 15 is 0 Å². The molecule has 1 aliphatic rings. The van der Waals surface area contributed by atoms with Crippen LogP contribution in [0.2, 0.25) is 0 Å². The Morgan fingerprint density at radius 2 is 1.88 bits per heavy atom. The summed E-state index contributed by atoms with van der Waals surface area (Å²) in [4.78, 5) is 12.7. The quantitative estimate of drug-likeness (QED) is 0.743. The van der Waals surface area contributed by atoms with E-state index in [4.69, 9.17) is 4.74 Å². The molecule has 0 heterocycles. The van der Waals surface area contributed by atoms with Gasteiger partial charge in [0.05, 0.1) is 18.8 Å². The first-order valence-corrected chi connectivity index (χ1v) is 9.95. The largest absolute Gasteiger partial charge is 0.497 e. The lowest BCUT2D eigenvalue weighted by Gasteiger charge is -2.23. The molecule has 2 rings (SSSR count). The topological polar surface area (TPSA) is 84.5 Å². The number of ether oxygens (including phenoxy) is 1. The van der Waals surface area contributed by atoms with Crippen molar-refractivity contribution < 1.29 is 17.9 Å². The molecule has 2 N–H and O–H groups in total. The van der Waals surface area contributed by atoms with Crippen molar-refractivity contribution >= 4 is 15.9 Å². The summed E-state index contributed by atoms with van der Waals surface area (Å²) in [6.45, 7) is 0.112. The highest BCUT2D eigenvalue weighted by Crippen LogP contribution is 2.37. The number of benzene rings is 1. The maximum absolute atomic E-state index is 12.7. The number of methoxy groups -OCH3 is 1. The molecule has 0 saturated heterocycles. The minimum absolute atomic E-state index is 0.0987. The molecule has 1 aromatic rings. The van der Waals surface area contributed by atoms with Crippen LogP contribution in [-0.4, -0.2) is 40.8 Å². The maximum atomic E-state index is 12.7. The Hall–Kier alpha value is -1.60. The van der Waals surface area contributed by atoms with E-state index in [1.807, 2.05) is 24.3 Å². The Balaban J connectivity index is 2.08. The second kappa shape index (κ2) is 8.48. The van der Waals surface area contributed by atoms with E-state index in [2.05, 4.69) is 10.0 Å². The Morgan fingerprint density at radius 3 is 2.42 bits per heavy atom. The summed E-state index contributed by atoms with van der Waals surface area (Å²) in [6, 6.07) is 7.56. The van der Waals surface area contributed by atoms with Gasteiger partial charge in [-0.3, -0.25) is 4.79 Å². The van der Waals surface area contributed by atoms with Gasteiger partial charge in [-0.2, -0.15) is 0 Å². The van der Waals surface area contributed by atoms with Crippen molar-refractivity contribution in [1.29, 1.82) is 0 Å². The van der Waals surface area contributed by atoms with Gasteiger partial charge in [-0.1, -0.05) is 25.0 Å². The Bertz CT molecular complexity index is 637. The van der Waals surface area contributed by atoms with E-state index in [0.717, 1.165) is 37.0 Å². The SMILES string of the molecule is CNS(=O)(=O)CCNC(=O)C(c1ccc(OC)cc1)C1CCCC1. The van der Waals surface area contributed by atoms with Gasteiger partial charge in [0.15, 0.2) is 0 Å². The summed E-state index contributed by atoms with van der Waals surface area (Å²) in [6.07, 6.45) is 4.33. The van der Waals surface area contributed by atoms with Crippen LogP contribution in [0.25, 0.3) is 0 Å². The molecule has 6 nitrogen and oxygen atoms in total. The van der Waals surface area contributed by atoms with Gasteiger partial charge < -0.3 is 10.1 Å². The van der Waals surface area contributed by atoms with Gasteiger partial charge in [0.25, 0.3) is 0 Å². The molecule has 1 atom stereocenters. The fourth-order valence-corrected chi connectivity index (χ4v) is 3.84. The van der Waals surface area contributed by atoms with Crippen LogP contribution in [0.1, 0.15) is 37.2 Å². The third kappa shape index (κ3) is 4.95. The van der Waals surface area contributed by atoms with Crippen LogP contribution < -0.4 is 14.8 Å². The van der Waals surface area contributed by atoms with Gasteiger partial charge in [-0.15, -0.1) is 0 Å². The molecule has 7 heteroatoms. The number of amides is 1. The van der Waals surface area contributed by atoms with E-state index < -0.39 is 10.0 Å². The van der Waals surface area contributed by atoms with Crippen LogP contribution in [-0.2, 0) is 14.8 Å². The predicted octanol–water partition coefficient (Wildman–Crippen LogP) is 1.63. The molecule has 1 saturated carbocycles. The van der Waals surface area contributed by atoms with E-state index in [0.29, 0.717) is 5.92 Å². The zero-order valence-electron chi connectivity index (χ0n) is 14.2. The minimum atomic E-state index is -3.31. The highest BCUT2D eigenvalue weighted by atomic mass is 32.2. The Labute approximate surface area is 144 Å². The third-order valence-corrected chi connectivity index (χ3v) is 5.97. The molecule has 0 bridgehead atoms. The first kappa shape index (κ1) is 18.7. The van der Waals surface area contributed by atoms with Gasteiger partial charge in [-0.05, 0) is 43.5 Å². The van der Waals surface area contributed by atoms with E-state index in [1.165, 1.54) is 7.05 Å². The summed E-state index contributed by atoms with van der Waals surface area (Å²) >= 11 is 0. The van der Waals surface area contributed by atoms with Crippen molar-refractivity contribution in [2.24, 2.45) is 5.92 Å². The molecule has 0 aromatic heterocycles. The number of rotatable bonds is 8. The molecule has 1 aromatic carbocycles. The van der Waals surface area contributed by atoms with E-state index in [1.54, 1.807) is 7.11 Å². The molecule has 1 aliphatic carbocycles. The second-order valence-electron chi connectivity index (χ2n) is 6.11. The molecular formula is C17H26N2O4S. The molecule has 0 spiro atoms. The summed E-state index contributed by atoms with van der Waals surface area (Å²) in [5, 5.41) is 2.79. The van der Waals surface area contributed by atoms with Crippen LogP contribution >= 0.6 is 0 Å². The number of sulfonamides is 1. The standard InChI is InChI=1S/C17H26N2O4S/c1-18-24(21,22)12-11-19-17(20)16(13-5-3-4-6-13)14-7-9-15(23-2)10-8-14/h7-10,13,16,18H,3-6,11-12H2,1-2H3,(H,19,20). The van der Waals surface area contributed by atoms with Crippen LogP contribution in [0.4, 0.5) is 0 Å². The molecule has 24 heavy (non-hydrogen) atoms. The van der Waals surface area contributed by atoms with Crippen LogP contribution in [0.15, 0.2) is 24.3 Å². The van der Waals surface area contributed by atoms with Crippen LogP contribution in [0, 0.1) is 5.92 Å². The van der Waals surface area contributed by atoms with Crippen molar-refractivity contribution in [1.82, 2.24) is 10.0 Å². The van der Waals surface area contributed by atoms with Crippen molar-refractivity contribution in [2.45, 2.75) is 31.6 Å². The highest BCUT2D eigenvalue weighted by Gasteiger charge is 2.32. The lowest BCUT2D eigenvalue weighted by Crippen LogP contribution is -2.37. The second-order valence-corrected chi connectivity index (χ2v) is 8.16. The number of hydrogen-bond acceptors (Lipinski definition) is 4. The number of nitrogens with one attached hydrogen (secondary N) is 2. The summed E-state index contributed by atoms with van der Waals surface area (Å²) < 4.78 is 30.4. The smallest absolute Gasteiger partial charge is 0.227 e. The molecule has 0 radical (unpaired) electrons. The molecule has 1 amide bonds. The maximum Gasteiger partial charge on any atom is 0.227 e. The molecule has 1 fully saturated rings. The van der Waals surface area contributed by atoms with Gasteiger partial charge in [0.1, 0.15) is 5.75 Å². The zero-order chi connectivity index (χ0) is 17.6. The van der Waals surface area contributed by atoms with Gasteiger partial charge in [0, 0.05) is 6.54 Å². The van der Waals surface area contributed by atoms with Gasteiger partial charge >= 0.3 is 0 Å². The number of carbonyl (C=O) groups is 1. The van der Waals surface area contributed by atoms with Gasteiger partial charge in [0.2, 0.25) is 15.9 Å². The van der Waals surface area contributed by atoms with Crippen molar-refractivity contribution in [3.05, 3.63) is 29.8 Å². The zero-order valence-corrected chi connectivity index (χ0v) is 15.1. The lowest BCUT2D eigenvalue weighted by atomic mass is 9.84. The van der Waals surface area contributed by atoms with Gasteiger partial charge in [-0.25, -0.2) is 13.1 Å². The average molecular weight is 354 g/mol. The molecular weight excluding hydrogens is 328 g/mol. The minimum Gasteiger partial charge on any atom is -0.497 e. The fraction of sp³-hybridized carbons (Fsp3) is 0.588. The third-order valence-electron chi connectivity index (χ3n) is 4.61. The fourth-order valence-electron chi connectivity index (χ4n) is 3.26. The van der Waals surface area contributed by atoms with Crippen molar-refractivity contribution in [3.63, 3.8) is 0 Å². The van der Waals surface area contributed by atoms with E-state index in [9.17, 15) is 13.2 Å². The molecule has 134 valence electrons. The van der Waals surface area contributed by atoms with Crippen LogP contribution in [0.5, 0.6) is 5.75 Å². The highest BCUT2D eigenvalue weighted by molar-refractivity contribution is 7.89.